The van der Waals surface area contributed by atoms with Crippen LogP contribution in [0.15, 0.2) is 30.3 Å². The van der Waals surface area contributed by atoms with Crippen molar-refractivity contribution in [1.82, 2.24) is 4.98 Å². The van der Waals surface area contributed by atoms with Crippen molar-refractivity contribution < 1.29 is 9.53 Å². The van der Waals surface area contributed by atoms with E-state index in [1.165, 1.54) is 0 Å². The summed E-state index contributed by atoms with van der Waals surface area (Å²) in [5.74, 6) is -0.429. The van der Waals surface area contributed by atoms with Crippen LogP contribution < -0.4 is 5.73 Å². The third-order valence-corrected chi connectivity index (χ3v) is 2.84. The molecule has 1 unspecified atom stereocenters. The highest BCUT2D eigenvalue weighted by Crippen LogP contribution is 2.20. The maximum atomic E-state index is 11.9. The number of para-hydroxylation sites is 1. The minimum Gasteiger partial charge on any atom is -0.458 e. The predicted octanol–water partition coefficient (Wildman–Crippen LogP) is 2.77. The lowest BCUT2D eigenvalue weighted by atomic mass is 10.1. The maximum Gasteiger partial charge on any atom is 0.357 e. The topological polar surface area (TPSA) is 65.2 Å². The quantitative estimate of drug-likeness (QED) is 0.843. The Balaban J connectivity index is 2.37. The van der Waals surface area contributed by atoms with Gasteiger partial charge in [0.1, 0.15) is 0 Å². The fourth-order valence-electron chi connectivity index (χ4n) is 1.63. The van der Waals surface area contributed by atoms with Crippen molar-refractivity contribution >= 4 is 22.6 Å². The van der Waals surface area contributed by atoms with Crippen molar-refractivity contribution in [2.45, 2.75) is 26.4 Å². The number of hydrogen-bond donors (Lipinski definition) is 1. The third-order valence-electron chi connectivity index (χ3n) is 2.84. The summed E-state index contributed by atoms with van der Waals surface area (Å²) < 4.78 is 5.23. The average molecular weight is 244 g/mol. The van der Waals surface area contributed by atoms with E-state index in [9.17, 15) is 4.79 Å². The van der Waals surface area contributed by atoms with E-state index < -0.39 is 5.97 Å². The van der Waals surface area contributed by atoms with E-state index in [1.54, 1.807) is 6.07 Å². The number of carbonyl (C=O) groups excluding carboxylic acids is 1. The Morgan fingerprint density at radius 2 is 2.17 bits per heavy atom. The Kier molecular flexibility index (Phi) is 3.46. The molecule has 94 valence electrons. The molecule has 4 heteroatoms. The molecule has 0 amide bonds. The molecule has 0 aliphatic rings. The van der Waals surface area contributed by atoms with Gasteiger partial charge in [-0.2, -0.15) is 0 Å². The zero-order valence-corrected chi connectivity index (χ0v) is 10.5. The van der Waals surface area contributed by atoms with Crippen LogP contribution in [0, 0.1) is 0 Å². The highest BCUT2D eigenvalue weighted by Gasteiger charge is 2.14. The standard InChI is InChI=1S/C14H16N2O2/c1-3-9(2)18-14(17)13-8-11(15)10-6-4-5-7-12(10)16-13/h4-9H,3H2,1-2H3,(H2,15,16). The van der Waals surface area contributed by atoms with Crippen molar-refractivity contribution in [3.8, 4) is 0 Å². The fourth-order valence-corrected chi connectivity index (χ4v) is 1.63. The second-order valence-corrected chi connectivity index (χ2v) is 4.24. The maximum absolute atomic E-state index is 11.9. The summed E-state index contributed by atoms with van der Waals surface area (Å²) in [7, 11) is 0. The number of ether oxygens (including phenoxy) is 1. The van der Waals surface area contributed by atoms with Crippen molar-refractivity contribution in [2.75, 3.05) is 5.73 Å². The summed E-state index contributed by atoms with van der Waals surface area (Å²) in [6.07, 6.45) is 0.654. The lowest BCUT2D eigenvalue weighted by molar-refractivity contribution is 0.0328. The number of nitrogens with zero attached hydrogens (tertiary/aromatic N) is 1. The molecule has 18 heavy (non-hydrogen) atoms. The Morgan fingerprint density at radius 3 is 2.89 bits per heavy atom. The van der Waals surface area contributed by atoms with Gasteiger partial charge >= 0.3 is 5.97 Å². The van der Waals surface area contributed by atoms with Crippen molar-refractivity contribution in [3.05, 3.63) is 36.0 Å². The number of nitrogens with two attached hydrogens (primary N) is 1. The summed E-state index contributed by atoms with van der Waals surface area (Å²) in [4.78, 5) is 16.1. The van der Waals surface area contributed by atoms with Gasteiger partial charge in [-0.15, -0.1) is 0 Å². The average Bonchev–Trinajstić information content (AvgIpc) is 2.38. The molecule has 1 heterocycles. The molecule has 1 aromatic carbocycles. The van der Waals surface area contributed by atoms with Crippen LogP contribution in [0.4, 0.5) is 5.69 Å². The van der Waals surface area contributed by atoms with E-state index in [-0.39, 0.29) is 11.8 Å². The molecule has 2 N–H and O–H groups in total. The van der Waals surface area contributed by atoms with Crippen LogP contribution in [0.25, 0.3) is 10.9 Å². The molecule has 0 saturated heterocycles. The molecule has 0 bridgehead atoms. The molecule has 4 nitrogen and oxygen atoms in total. The monoisotopic (exact) mass is 244 g/mol. The van der Waals surface area contributed by atoms with E-state index in [0.29, 0.717) is 11.2 Å². The number of carbonyl (C=O) groups is 1. The third kappa shape index (κ3) is 2.42. The van der Waals surface area contributed by atoms with Crippen molar-refractivity contribution in [3.63, 3.8) is 0 Å². The van der Waals surface area contributed by atoms with Gasteiger partial charge in [-0.25, -0.2) is 9.78 Å². The Bertz CT molecular complexity index is 581. The van der Waals surface area contributed by atoms with E-state index in [1.807, 2.05) is 38.1 Å². The minimum absolute atomic E-state index is 0.119. The molecular formula is C14H16N2O2. The molecule has 0 fully saturated rings. The number of aromatic nitrogens is 1. The summed E-state index contributed by atoms with van der Waals surface area (Å²) in [6, 6.07) is 9.01. The second kappa shape index (κ2) is 5.04. The summed E-state index contributed by atoms with van der Waals surface area (Å²) in [6.45, 7) is 3.81. The molecule has 0 saturated carbocycles. The first-order chi connectivity index (χ1) is 8.61. The number of rotatable bonds is 3. The molecule has 2 aromatic rings. The minimum atomic E-state index is -0.429. The van der Waals surface area contributed by atoms with Gasteiger partial charge in [0, 0.05) is 11.1 Å². The first kappa shape index (κ1) is 12.4. The Morgan fingerprint density at radius 1 is 1.44 bits per heavy atom. The van der Waals surface area contributed by atoms with Crippen LogP contribution in [-0.4, -0.2) is 17.1 Å². The fraction of sp³-hybridized carbons (Fsp3) is 0.286. The number of esters is 1. The smallest absolute Gasteiger partial charge is 0.357 e. The van der Waals surface area contributed by atoms with Crippen LogP contribution >= 0.6 is 0 Å². The van der Waals surface area contributed by atoms with Gasteiger partial charge < -0.3 is 10.5 Å². The van der Waals surface area contributed by atoms with Crippen LogP contribution in [0.2, 0.25) is 0 Å². The summed E-state index contributed by atoms with van der Waals surface area (Å²) in [5.41, 5.74) is 7.41. The van der Waals surface area contributed by atoms with E-state index >= 15 is 0 Å². The number of pyridine rings is 1. The Hall–Kier alpha value is -2.10. The highest BCUT2D eigenvalue weighted by molar-refractivity contribution is 5.96. The van der Waals surface area contributed by atoms with Gasteiger partial charge in [-0.05, 0) is 25.5 Å². The molecular weight excluding hydrogens is 228 g/mol. The largest absolute Gasteiger partial charge is 0.458 e. The first-order valence-electron chi connectivity index (χ1n) is 5.98. The molecule has 1 aromatic heterocycles. The van der Waals surface area contributed by atoms with Gasteiger partial charge in [0.2, 0.25) is 0 Å². The molecule has 0 aliphatic heterocycles. The van der Waals surface area contributed by atoms with Crippen LogP contribution in [0.5, 0.6) is 0 Å². The number of nitrogen functional groups attached to an aromatic ring is 1. The lowest BCUT2D eigenvalue weighted by Gasteiger charge is -2.11. The van der Waals surface area contributed by atoms with Gasteiger partial charge in [0.25, 0.3) is 0 Å². The summed E-state index contributed by atoms with van der Waals surface area (Å²) >= 11 is 0. The molecule has 2 rings (SSSR count). The zero-order chi connectivity index (χ0) is 13.1. The molecule has 1 atom stereocenters. The van der Waals surface area contributed by atoms with Gasteiger partial charge in [-0.3, -0.25) is 0 Å². The molecule has 0 aliphatic carbocycles. The zero-order valence-electron chi connectivity index (χ0n) is 10.5. The van der Waals surface area contributed by atoms with Crippen LogP contribution in [-0.2, 0) is 4.74 Å². The first-order valence-corrected chi connectivity index (χ1v) is 5.98. The van der Waals surface area contributed by atoms with E-state index in [0.717, 1.165) is 11.8 Å². The lowest BCUT2D eigenvalue weighted by Crippen LogP contribution is -2.15. The van der Waals surface area contributed by atoms with Crippen molar-refractivity contribution in [2.24, 2.45) is 0 Å². The van der Waals surface area contributed by atoms with Crippen molar-refractivity contribution in [1.29, 1.82) is 0 Å². The van der Waals surface area contributed by atoms with Crippen LogP contribution in [0.3, 0.4) is 0 Å². The SMILES string of the molecule is CCC(C)OC(=O)c1cc(N)c2ccccc2n1. The normalized spacial score (nSPS) is 12.3. The van der Waals surface area contributed by atoms with Gasteiger partial charge in [-0.1, -0.05) is 25.1 Å². The van der Waals surface area contributed by atoms with Gasteiger partial charge in [0.05, 0.1) is 11.6 Å². The number of benzene rings is 1. The predicted molar refractivity (Wildman–Crippen MR) is 71.3 cm³/mol. The van der Waals surface area contributed by atoms with Gasteiger partial charge in [0.15, 0.2) is 5.69 Å². The van der Waals surface area contributed by atoms with E-state index in [4.69, 9.17) is 10.5 Å². The molecule has 0 radical (unpaired) electrons. The Labute approximate surface area is 106 Å². The highest BCUT2D eigenvalue weighted by atomic mass is 16.5. The number of fused-ring (bicyclic) bond motifs is 1. The molecule has 0 spiro atoms. The summed E-state index contributed by atoms with van der Waals surface area (Å²) in [5, 5.41) is 0.845. The number of anilines is 1. The number of hydrogen-bond acceptors (Lipinski definition) is 4. The van der Waals surface area contributed by atoms with Crippen LogP contribution in [0.1, 0.15) is 30.8 Å². The second-order valence-electron chi connectivity index (χ2n) is 4.24. The van der Waals surface area contributed by atoms with E-state index in [2.05, 4.69) is 4.98 Å².